The van der Waals surface area contributed by atoms with Gasteiger partial charge in [0.2, 0.25) is 5.91 Å². The first-order chi connectivity index (χ1) is 5.93. The molecule has 0 aromatic rings. The standard InChI is InChI=1S/C10H22N2O/c1-6-12(10(2,3)4)9(13)7-8-11-5/h11H,6-8H2,1-5H3. The van der Waals surface area contributed by atoms with E-state index in [1.165, 1.54) is 0 Å². The number of nitrogens with zero attached hydrogens (tertiary/aromatic N) is 1. The van der Waals surface area contributed by atoms with Crippen LogP contribution in [0.3, 0.4) is 0 Å². The maximum absolute atomic E-state index is 11.7. The fourth-order valence-electron chi connectivity index (χ4n) is 1.39. The monoisotopic (exact) mass is 186 g/mol. The molecule has 0 aromatic carbocycles. The van der Waals surface area contributed by atoms with Crippen molar-refractivity contribution in [1.29, 1.82) is 0 Å². The van der Waals surface area contributed by atoms with Crippen LogP contribution in [-0.2, 0) is 4.79 Å². The molecule has 3 nitrogen and oxygen atoms in total. The van der Waals surface area contributed by atoms with Crippen LogP contribution in [0.2, 0.25) is 0 Å². The molecule has 0 bridgehead atoms. The second-order valence-electron chi connectivity index (χ2n) is 4.16. The smallest absolute Gasteiger partial charge is 0.224 e. The Hall–Kier alpha value is -0.570. The summed E-state index contributed by atoms with van der Waals surface area (Å²) < 4.78 is 0. The molecule has 0 spiro atoms. The Kier molecular flexibility index (Phi) is 4.99. The minimum Gasteiger partial charge on any atom is -0.338 e. The van der Waals surface area contributed by atoms with E-state index in [4.69, 9.17) is 0 Å². The van der Waals surface area contributed by atoms with Crippen LogP contribution in [0.25, 0.3) is 0 Å². The average Bonchev–Trinajstić information content (AvgIpc) is 1.99. The number of rotatable bonds is 4. The number of nitrogens with one attached hydrogen (secondary N) is 1. The molecule has 13 heavy (non-hydrogen) atoms. The van der Waals surface area contributed by atoms with Gasteiger partial charge in [0.1, 0.15) is 0 Å². The highest BCUT2D eigenvalue weighted by molar-refractivity contribution is 5.77. The summed E-state index contributed by atoms with van der Waals surface area (Å²) in [6.45, 7) is 9.75. The molecule has 0 aliphatic carbocycles. The van der Waals surface area contributed by atoms with E-state index < -0.39 is 0 Å². The fraction of sp³-hybridized carbons (Fsp3) is 0.900. The molecule has 0 atom stereocenters. The lowest BCUT2D eigenvalue weighted by atomic mass is 10.1. The number of carbonyl (C=O) groups excluding carboxylic acids is 1. The van der Waals surface area contributed by atoms with Crippen LogP contribution in [-0.4, -0.2) is 36.5 Å². The molecule has 0 radical (unpaired) electrons. The van der Waals surface area contributed by atoms with Crippen molar-refractivity contribution < 1.29 is 4.79 Å². The molecular weight excluding hydrogens is 164 g/mol. The average molecular weight is 186 g/mol. The van der Waals surface area contributed by atoms with Gasteiger partial charge in [-0.05, 0) is 34.7 Å². The van der Waals surface area contributed by atoms with Gasteiger partial charge in [0.15, 0.2) is 0 Å². The Bertz CT molecular complexity index is 161. The van der Waals surface area contributed by atoms with Crippen LogP contribution >= 0.6 is 0 Å². The number of carbonyl (C=O) groups is 1. The Balaban J connectivity index is 4.16. The molecule has 0 aliphatic heterocycles. The van der Waals surface area contributed by atoms with Crippen molar-refractivity contribution in [3.05, 3.63) is 0 Å². The molecule has 0 fully saturated rings. The molecule has 0 unspecified atom stereocenters. The third-order valence-corrected chi connectivity index (χ3v) is 2.02. The zero-order chi connectivity index (χ0) is 10.5. The van der Waals surface area contributed by atoms with E-state index in [1.54, 1.807) is 0 Å². The lowest BCUT2D eigenvalue weighted by Gasteiger charge is -2.34. The molecule has 0 rings (SSSR count). The van der Waals surface area contributed by atoms with Crippen molar-refractivity contribution in [2.45, 2.75) is 39.7 Å². The van der Waals surface area contributed by atoms with Crippen molar-refractivity contribution in [3.63, 3.8) is 0 Å². The van der Waals surface area contributed by atoms with E-state index in [9.17, 15) is 4.79 Å². The van der Waals surface area contributed by atoms with Crippen LogP contribution in [0.4, 0.5) is 0 Å². The lowest BCUT2D eigenvalue weighted by Crippen LogP contribution is -2.46. The number of amides is 1. The molecule has 3 heteroatoms. The summed E-state index contributed by atoms with van der Waals surface area (Å²) in [5.74, 6) is 0.226. The van der Waals surface area contributed by atoms with E-state index in [0.717, 1.165) is 13.1 Å². The van der Waals surface area contributed by atoms with Gasteiger partial charge in [0, 0.05) is 25.0 Å². The molecule has 1 N–H and O–H groups in total. The second-order valence-corrected chi connectivity index (χ2v) is 4.16. The molecule has 0 aliphatic rings. The van der Waals surface area contributed by atoms with Crippen LogP contribution in [0.1, 0.15) is 34.1 Å². The fourth-order valence-corrected chi connectivity index (χ4v) is 1.39. The zero-order valence-corrected chi connectivity index (χ0v) is 9.48. The summed E-state index contributed by atoms with van der Waals surface area (Å²) in [6.07, 6.45) is 0.585. The molecule has 78 valence electrons. The summed E-state index contributed by atoms with van der Waals surface area (Å²) in [6, 6.07) is 0. The summed E-state index contributed by atoms with van der Waals surface area (Å²) in [5.41, 5.74) is -0.0560. The summed E-state index contributed by atoms with van der Waals surface area (Å²) in [4.78, 5) is 13.6. The van der Waals surface area contributed by atoms with Gasteiger partial charge in [-0.25, -0.2) is 0 Å². The van der Waals surface area contributed by atoms with Crippen LogP contribution in [0.5, 0.6) is 0 Å². The molecular formula is C10H22N2O. The van der Waals surface area contributed by atoms with Gasteiger partial charge in [-0.15, -0.1) is 0 Å². The van der Waals surface area contributed by atoms with Gasteiger partial charge in [-0.2, -0.15) is 0 Å². The quantitative estimate of drug-likeness (QED) is 0.716. The van der Waals surface area contributed by atoms with E-state index in [2.05, 4.69) is 26.1 Å². The first-order valence-electron chi connectivity index (χ1n) is 4.88. The highest BCUT2D eigenvalue weighted by Crippen LogP contribution is 2.13. The number of hydrogen-bond acceptors (Lipinski definition) is 2. The minimum atomic E-state index is -0.0560. The normalized spacial score (nSPS) is 11.5. The molecule has 0 heterocycles. The second kappa shape index (κ2) is 5.22. The van der Waals surface area contributed by atoms with Crippen molar-refractivity contribution in [2.75, 3.05) is 20.1 Å². The highest BCUT2D eigenvalue weighted by atomic mass is 16.2. The van der Waals surface area contributed by atoms with Crippen molar-refractivity contribution in [2.24, 2.45) is 0 Å². The Labute approximate surface area is 81.5 Å². The third-order valence-electron chi connectivity index (χ3n) is 2.02. The van der Waals surface area contributed by atoms with Crippen LogP contribution in [0, 0.1) is 0 Å². The minimum absolute atomic E-state index is 0.0560. The van der Waals surface area contributed by atoms with Gasteiger partial charge in [-0.1, -0.05) is 0 Å². The first-order valence-corrected chi connectivity index (χ1v) is 4.88. The lowest BCUT2D eigenvalue weighted by molar-refractivity contribution is -0.135. The van der Waals surface area contributed by atoms with Crippen LogP contribution < -0.4 is 5.32 Å². The first kappa shape index (κ1) is 12.4. The van der Waals surface area contributed by atoms with Gasteiger partial charge in [0.05, 0.1) is 0 Å². The summed E-state index contributed by atoms with van der Waals surface area (Å²) in [5, 5.41) is 2.98. The van der Waals surface area contributed by atoms with E-state index in [-0.39, 0.29) is 11.4 Å². The van der Waals surface area contributed by atoms with Crippen LogP contribution in [0.15, 0.2) is 0 Å². The Morgan fingerprint density at radius 3 is 2.23 bits per heavy atom. The molecule has 0 aromatic heterocycles. The van der Waals surface area contributed by atoms with E-state index in [1.807, 2.05) is 18.9 Å². The predicted octanol–water partition coefficient (Wildman–Crippen LogP) is 1.24. The Morgan fingerprint density at radius 1 is 1.38 bits per heavy atom. The third kappa shape index (κ3) is 4.27. The number of hydrogen-bond donors (Lipinski definition) is 1. The SMILES string of the molecule is CCN(C(=O)CCNC)C(C)(C)C. The van der Waals surface area contributed by atoms with Crippen molar-refractivity contribution in [1.82, 2.24) is 10.2 Å². The zero-order valence-electron chi connectivity index (χ0n) is 9.48. The molecule has 1 amide bonds. The van der Waals surface area contributed by atoms with Gasteiger partial charge in [0.25, 0.3) is 0 Å². The molecule has 0 saturated heterocycles. The topological polar surface area (TPSA) is 32.3 Å². The van der Waals surface area contributed by atoms with E-state index in [0.29, 0.717) is 6.42 Å². The summed E-state index contributed by atoms with van der Waals surface area (Å²) >= 11 is 0. The van der Waals surface area contributed by atoms with Crippen molar-refractivity contribution >= 4 is 5.91 Å². The largest absolute Gasteiger partial charge is 0.338 e. The Morgan fingerprint density at radius 2 is 1.92 bits per heavy atom. The van der Waals surface area contributed by atoms with Gasteiger partial charge >= 0.3 is 0 Å². The maximum atomic E-state index is 11.7. The van der Waals surface area contributed by atoms with Crippen molar-refractivity contribution in [3.8, 4) is 0 Å². The van der Waals surface area contributed by atoms with E-state index >= 15 is 0 Å². The maximum Gasteiger partial charge on any atom is 0.224 e. The van der Waals surface area contributed by atoms with Gasteiger partial charge in [-0.3, -0.25) is 4.79 Å². The predicted molar refractivity (Wildman–Crippen MR) is 55.7 cm³/mol. The highest BCUT2D eigenvalue weighted by Gasteiger charge is 2.23. The summed E-state index contributed by atoms with van der Waals surface area (Å²) in [7, 11) is 1.86. The molecule has 0 saturated carbocycles. The van der Waals surface area contributed by atoms with Gasteiger partial charge < -0.3 is 10.2 Å².